The van der Waals surface area contributed by atoms with Crippen LogP contribution in [0, 0.1) is 17.7 Å². The lowest BCUT2D eigenvalue weighted by molar-refractivity contribution is 0.100. The summed E-state index contributed by atoms with van der Waals surface area (Å²) < 4.78 is 16.4. The summed E-state index contributed by atoms with van der Waals surface area (Å²) in [5.41, 5.74) is 8.07. The molecule has 0 bridgehead atoms. The zero-order valence-electron chi connectivity index (χ0n) is 22.8. The molecule has 2 aromatic heterocycles. The summed E-state index contributed by atoms with van der Waals surface area (Å²) in [5.74, 6) is -0.277. The molecule has 40 heavy (non-hydrogen) atoms. The van der Waals surface area contributed by atoms with Crippen molar-refractivity contribution in [3.63, 3.8) is 0 Å². The maximum absolute atomic E-state index is 15.6. The molecule has 208 valence electrons. The van der Waals surface area contributed by atoms with Gasteiger partial charge in [0.05, 0.1) is 27.4 Å². The zero-order chi connectivity index (χ0) is 29.5. The Morgan fingerprint density at radius 1 is 1.27 bits per heavy atom. The molecular weight excluding hydrogens is 531 g/mol. The Labute approximate surface area is 236 Å². The van der Waals surface area contributed by atoms with E-state index in [1.54, 1.807) is 19.1 Å². The maximum Gasteiger partial charge on any atom is 0.333 e. The molecule has 7 nitrogen and oxygen atoms in total. The number of H-pyrrole nitrogens is 2. The van der Waals surface area contributed by atoms with Crippen LogP contribution in [0.25, 0.3) is 33.3 Å². The second kappa shape index (κ2) is 11.1. The van der Waals surface area contributed by atoms with Crippen molar-refractivity contribution in [1.29, 1.82) is 0 Å². The number of halogens is 2. The number of nitrogens with one attached hydrogen (secondary N) is 2. The van der Waals surface area contributed by atoms with Crippen molar-refractivity contribution in [2.24, 2.45) is 17.6 Å². The van der Waals surface area contributed by atoms with Crippen LogP contribution in [0.5, 0.6) is 0 Å². The quantitative estimate of drug-likeness (QED) is 0.292. The molecule has 0 fully saturated rings. The van der Waals surface area contributed by atoms with Gasteiger partial charge in [0.15, 0.2) is 0 Å². The fraction of sp³-hybridized carbons (Fsp3) is 0.258. The van der Waals surface area contributed by atoms with Gasteiger partial charge >= 0.3 is 5.69 Å². The number of aromatic amines is 2. The van der Waals surface area contributed by atoms with E-state index >= 15 is 4.39 Å². The van der Waals surface area contributed by atoms with E-state index < -0.39 is 23.0 Å². The van der Waals surface area contributed by atoms with Crippen LogP contribution in [-0.2, 0) is 12.8 Å². The fourth-order valence-corrected chi connectivity index (χ4v) is 5.58. The predicted octanol–water partition coefficient (Wildman–Crippen LogP) is 6.00. The first-order chi connectivity index (χ1) is 18.9. The molecule has 0 spiro atoms. The van der Waals surface area contributed by atoms with Crippen LogP contribution < -0.4 is 17.0 Å². The zero-order valence-corrected chi connectivity index (χ0v) is 23.5. The highest BCUT2D eigenvalue weighted by Gasteiger charge is 2.28. The number of aromatic nitrogens is 3. The average Bonchev–Trinajstić information content (AvgIpc) is 3.25. The summed E-state index contributed by atoms with van der Waals surface area (Å²) in [6, 6.07) is 1.17. The number of allylic oxidation sites excluding steroid dienone is 5. The third-order valence-corrected chi connectivity index (χ3v) is 7.78. The Bertz CT molecular complexity index is 1770. The minimum absolute atomic E-state index is 0.00155. The number of nitrogens with two attached hydrogens (primary N) is 1. The molecule has 1 amide bonds. The molecule has 0 saturated heterocycles. The van der Waals surface area contributed by atoms with Crippen LogP contribution in [0.3, 0.4) is 0 Å². The van der Waals surface area contributed by atoms with Crippen LogP contribution in [0.1, 0.15) is 65.6 Å². The lowest BCUT2D eigenvalue weighted by Crippen LogP contribution is -2.36. The molecule has 2 heterocycles. The summed E-state index contributed by atoms with van der Waals surface area (Å²) in [6.45, 7) is 17.1. The van der Waals surface area contributed by atoms with Crippen LogP contribution in [0.4, 0.5) is 4.39 Å². The highest BCUT2D eigenvalue weighted by atomic mass is 35.5. The summed E-state index contributed by atoms with van der Waals surface area (Å²) in [7, 11) is 0. The first-order valence-corrected chi connectivity index (χ1v) is 13.3. The lowest BCUT2D eigenvalue weighted by Gasteiger charge is -2.25. The van der Waals surface area contributed by atoms with Crippen molar-refractivity contribution in [1.82, 2.24) is 14.5 Å². The largest absolute Gasteiger partial charge is 0.366 e. The number of carbonyl (C=O) groups excluding carboxylic acids is 1. The van der Waals surface area contributed by atoms with Crippen LogP contribution in [-0.4, -0.2) is 20.4 Å². The number of hydrogen-bond acceptors (Lipinski definition) is 3. The Morgan fingerprint density at radius 2 is 1.98 bits per heavy atom. The molecule has 0 saturated carbocycles. The smallest absolute Gasteiger partial charge is 0.333 e. The number of amides is 1. The van der Waals surface area contributed by atoms with Gasteiger partial charge in [-0.05, 0) is 61.3 Å². The van der Waals surface area contributed by atoms with Gasteiger partial charge in [-0.1, -0.05) is 63.4 Å². The topological polar surface area (TPSA) is 114 Å². The summed E-state index contributed by atoms with van der Waals surface area (Å²) in [5, 5.41) is 0.658. The van der Waals surface area contributed by atoms with Gasteiger partial charge in [0.25, 0.3) is 11.5 Å². The highest BCUT2D eigenvalue weighted by Crippen LogP contribution is 2.40. The van der Waals surface area contributed by atoms with Crippen LogP contribution in [0.2, 0.25) is 0 Å². The van der Waals surface area contributed by atoms with Crippen molar-refractivity contribution in [3.8, 4) is 0 Å². The lowest BCUT2D eigenvalue weighted by atomic mass is 9.80. The summed E-state index contributed by atoms with van der Waals surface area (Å²) in [4.78, 5) is 43.6. The van der Waals surface area contributed by atoms with E-state index in [-0.39, 0.29) is 27.6 Å². The Kier molecular flexibility index (Phi) is 8.03. The Balaban J connectivity index is 1.78. The first-order valence-electron chi connectivity index (χ1n) is 12.9. The monoisotopic (exact) mass is 562 g/mol. The standard InChI is InChI=1S/C31H32ClFN4O3/c1-7-20-27(18(6)32)36-31(40)37(30(20)39)17(5)10-8-9-16(4)25-23(33)14-22(29(34)38)28-26(25)21-12-11-19(15(2)3)13-24(21)35-28/h7-10,14-15,19,35H,1,5-6,11-13H2,2-4H3,(H2,34,38)(H,36,40)/b10-8-,16-9+. The number of rotatable bonds is 8. The predicted molar refractivity (Wildman–Crippen MR) is 162 cm³/mol. The van der Waals surface area contributed by atoms with Crippen molar-refractivity contribution in [3.05, 3.63) is 104 Å². The van der Waals surface area contributed by atoms with Crippen molar-refractivity contribution in [2.75, 3.05) is 0 Å². The molecule has 1 atom stereocenters. The molecule has 1 aromatic carbocycles. The molecule has 4 rings (SSSR count). The normalized spacial score (nSPS) is 15.6. The number of nitrogens with zero attached hydrogens (tertiary/aromatic N) is 1. The van der Waals surface area contributed by atoms with Crippen molar-refractivity contribution in [2.45, 2.75) is 40.0 Å². The van der Waals surface area contributed by atoms with Crippen molar-refractivity contribution < 1.29 is 9.18 Å². The fourth-order valence-electron chi connectivity index (χ4n) is 5.43. The molecule has 3 aromatic rings. The number of primary amides is 1. The van der Waals surface area contributed by atoms with Gasteiger partial charge in [0.2, 0.25) is 0 Å². The first kappa shape index (κ1) is 28.8. The van der Waals surface area contributed by atoms with E-state index in [2.05, 4.69) is 43.6 Å². The molecular formula is C31H32ClFN4O3. The third-order valence-electron chi connectivity index (χ3n) is 7.59. The van der Waals surface area contributed by atoms with E-state index in [0.717, 1.165) is 35.1 Å². The minimum atomic E-state index is -0.740. The second-order valence-corrected chi connectivity index (χ2v) is 10.8. The van der Waals surface area contributed by atoms with Gasteiger partial charge < -0.3 is 15.7 Å². The summed E-state index contributed by atoms with van der Waals surface area (Å²) in [6.07, 6.45) is 8.53. The van der Waals surface area contributed by atoms with E-state index in [4.69, 9.17) is 17.3 Å². The summed E-state index contributed by atoms with van der Waals surface area (Å²) >= 11 is 5.91. The van der Waals surface area contributed by atoms with E-state index in [0.29, 0.717) is 33.9 Å². The van der Waals surface area contributed by atoms with Gasteiger partial charge in [-0.25, -0.2) is 13.8 Å². The van der Waals surface area contributed by atoms with Crippen molar-refractivity contribution >= 4 is 50.8 Å². The third kappa shape index (κ3) is 5.07. The molecule has 1 aliphatic rings. The maximum atomic E-state index is 15.6. The average molecular weight is 563 g/mol. The van der Waals surface area contributed by atoms with Crippen LogP contribution in [0.15, 0.2) is 53.6 Å². The van der Waals surface area contributed by atoms with Crippen LogP contribution >= 0.6 is 11.6 Å². The Morgan fingerprint density at radius 3 is 2.58 bits per heavy atom. The molecule has 1 unspecified atom stereocenters. The number of fused-ring (bicyclic) bond motifs is 3. The van der Waals surface area contributed by atoms with Gasteiger partial charge in [-0.2, -0.15) is 0 Å². The van der Waals surface area contributed by atoms with Gasteiger partial charge in [0, 0.05) is 22.3 Å². The van der Waals surface area contributed by atoms with Gasteiger partial charge in [-0.3, -0.25) is 9.59 Å². The van der Waals surface area contributed by atoms with E-state index in [1.807, 2.05) is 0 Å². The molecule has 0 radical (unpaired) electrons. The number of hydrogen-bond donors (Lipinski definition) is 3. The highest BCUT2D eigenvalue weighted by molar-refractivity contribution is 6.48. The number of aryl methyl sites for hydroxylation is 1. The number of carbonyl (C=O) groups is 1. The molecule has 0 aliphatic heterocycles. The van der Waals surface area contributed by atoms with Gasteiger partial charge in [-0.15, -0.1) is 0 Å². The molecule has 9 heteroatoms. The van der Waals surface area contributed by atoms with Gasteiger partial charge in [0.1, 0.15) is 5.82 Å². The SMILES string of the molecule is C=Cc1c(C(=C)Cl)[nH]c(=O)n(C(=C)/C=C\C=C(/C)c2c(F)cc(C(N)=O)c3[nH]c4c(c23)CCC(C(C)C)C4)c1=O. The molecule has 1 aliphatic carbocycles. The second-order valence-electron chi connectivity index (χ2n) is 10.4. The molecule has 4 N–H and O–H groups in total. The number of benzene rings is 1. The minimum Gasteiger partial charge on any atom is -0.366 e. The van der Waals surface area contributed by atoms with E-state index in [9.17, 15) is 14.4 Å². The Hall–Kier alpha value is -4.17. The van der Waals surface area contributed by atoms with E-state index in [1.165, 1.54) is 18.2 Å².